The van der Waals surface area contributed by atoms with Gasteiger partial charge in [-0.05, 0) is 42.7 Å². The third kappa shape index (κ3) is 3.16. The number of nitrogens with zero attached hydrogens (tertiary/aromatic N) is 1. The minimum atomic E-state index is -0.807. The number of halogens is 2. The Bertz CT molecular complexity index is 687. The first-order valence-electron chi connectivity index (χ1n) is 7.95. The predicted octanol–water partition coefficient (Wildman–Crippen LogP) is 5.08. The van der Waals surface area contributed by atoms with Gasteiger partial charge in [-0.3, -0.25) is 4.42 Å². The molecule has 0 radical (unpaired) electrons. The van der Waals surface area contributed by atoms with Crippen molar-refractivity contribution < 1.29 is 4.39 Å². The summed E-state index contributed by atoms with van der Waals surface area (Å²) in [5.41, 5.74) is 0. The van der Waals surface area contributed by atoms with Crippen LogP contribution >= 0.6 is 46.7 Å². The standard InChI is InChI=1S/C16H18ClFN2S3/c17-20(16(21)12-6-10(18)8-19-12)11-2-1-9(5-11)14-7-15-13(23-14)3-4-22-15/h3-4,7,9-12,19H,1-2,5-6,8H2/t9?,10-,11?,12+/m1/s1. The summed E-state index contributed by atoms with van der Waals surface area (Å²) in [6.07, 6.45) is 2.86. The van der Waals surface area contributed by atoms with Crippen LogP contribution in [0.5, 0.6) is 0 Å². The predicted molar refractivity (Wildman–Crippen MR) is 102 cm³/mol. The summed E-state index contributed by atoms with van der Waals surface area (Å²) < 4.78 is 17.8. The topological polar surface area (TPSA) is 15.3 Å². The number of hydrogen-bond acceptors (Lipinski definition) is 4. The van der Waals surface area contributed by atoms with Gasteiger partial charge in [0.25, 0.3) is 0 Å². The van der Waals surface area contributed by atoms with E-state index in [1.165, 1.54) is 14.3 Å². The minimum Gasteiger partial charge on any atom is -0.305 e. The summed E-state index contributed by atoms with van der Waals surface area (Å²) in [4.78, 5) is 2.12. The van der Waals surface area contributed by atoms with Gasteiger partial charge < -0.3 is 5.32 Å². The zero-order valence-electron chi connectivity index (χ0n) is 12.5. The van der Waals surface area contributed by atoms with Gasteiger partial charge in [-0.15, -0.1) is 22.7 Å². The van der Waals surface area contributed by atoms with E-state index >= 15 is 0 Å². The Hall–Kier alpha value is -0.270. The molecule has 0 amide bonds. The van der Waals surface area contributed by atoms with E-state index in [-0.39, 0.29) is 12.1 Å². The Morgan fingerprint density at radius 3 is 2.96 bits per heavy atom. The Kier molecular flexibility index (Phi) is 4.62. The van der Waals surface area contributed by atoms with Gasteiger partial charge in [-0.2, -0.15) is 0 Å². The molecule has 4 rings (SSSR count). The van der Waals surface area contributed by atoms with Crippen LogP contribution in [0.25, 0.3) is 9.40 Å². The fourth-order valence-electron chi connectivity index (χ4n) is 3.62. The number of hydrogen-bond donors (Lipinski definition) is 1. The maximum absolute atomic E-state index is 13.3. The summed E-state index contributed by atoms with van der Waals surface area (Å²) in [5.74, 6) is 0.569. The lowest BCUT2D eigenvalue weighted by molar-refractivity contribution is 0.358. The average molecular weight is 389 g/mol. The summed E-state index contributed by atoms with van der Waals surface area (Å²) in [6, 6.07) is 4.70. The van der Waals surface area contributed by atoms with Gasteiger partial charge in [-0.25, -0.2) is 4.39 Å². The van der Waals surface area contributed by atoms with Crippen molar-refractivity contribution in [1.82, 2.24) is 9.74 Å². The van der Waals surface area contributed by atoms with Crippen molar-refractivity contribution in [3.8, 4) is 0 Å². The molecule has 2 fully saturated rings. The molecule has 1 aliphatic heterocycles. The number of alkyl halides is 1. The lowest BCUT2D eigenvalue weighted by Gasteiger charge is -2.27. The van der Waals surface area contributed by atoms with Crippen molar-refractivity contribution in [2.75, 3.05) is 6.54 Å². The molecule has 3 heterocycles. The molecular formula is C16H18ClFN2S3. The van der Waals surface area contributed by atoms with E-state index < -0.39 is 6.17 Å². The number of thiocarbonyl (C=S) groups is 1. The molecule has 4 atom stereocenters. The molecule has 2 unspecified atom stereocenters. The van der Waals surface area contributed by atoms with Crippen molar-refractivity contribution in [3.05, 3.63) is 22.4 Å². The summed E-state index contributed by atoms with van der Waals surface area (Å²) in [6.45, 7) is 0.384. The zero-order chi connectivity index (χ0) is 16.0. The Balaban J connectivity index is 1.41. The second kappa shape index (κ2) is 6.56. The molecule has 1 aliphatic carbocycles. The van der Waals surface area contributed by atoms with Gasteiger partial charge in [0.1, 0.15) is 11.2 Å². The largest absolute Gasteiger partial charge is 0.305 e. The fourth-order valence-corrected chi connectivity index (χ4v) is 6.51. The van der Waals surface area contributed by atoms with Gasteiger partial charge in [0.15, 0.2) is 0 Å². The highest BCUT2D eigenvalue weighted by molar-refractivity contribution is 7.80. The Morgan fingerprint density at radius 2 is 2.22 bits per heavy atom. The van der Waals surface area contributed by atoms with Crippen LogP contribution in [0.15, 0.2) is 17.5 Å². The van der Waals surface area contributed by atoms with Gasteiger partial charge in [0, 0.05) is 45.1 Å². The first-order valence-corrected chi connectivity index (χ1v) is 10.4. The Labute approximate surface area is 153 Å². The first-order chi connectivity index (χ1) is 11.1. The molecular weight excluding hydrogens is 371 g/mol. The second-order valence-corrected chi connectivity index (χ2v) is 9.25. The quantitative estimate of drug-likeness (QED) is 0.582. The highest BCUT2D eigenvalue weighted by Gasteiger charge is 2.36. The van der Waals surface area contributed by atoms with Crippen LogP contribution in [0.2, 0.25) is 0 Å². The number of thiophene rings is 2. The Morgan fingerprint density at radius 1 is 1.35 bits per heavy atom. The van der Waals surface area contributed by atoms with Crippen molar-refractivity contribution in [1.29, 1.82) is 0 Å². The highest BCUT2D eigenvalue weighted by Crippen LogP contribution is 2.43. The molecule has 1 saturated carbocycles. The van der Waals surface area contributed by atoms with E-state index in [0.29, 0.717) is 23.9 Å². The molecule has 0 bridgehead atoms. The molecule has 2 aromatic heterocycles. The van der Waals surface area contributed by atoms with Crippen LogP contribution in [0, 0.1) is 0 Å². The van der Waals surface area contributed by atoms with Crippen LogP contribution in [-0.2, 0) is 0 Å². The van der Waals surface area contributed by atoms with Crippen LogP contribution < -0.4 is 5.32 Å². The van der Waals surface area contributed by atoms with E-state index in [0.717, 1.165) is 19.3 Å². The summed E-state index contributed by atoms with van der Waals surface area (Å²) >= 11 is 15.7. The average Bonchev–Trinajstić information content (AvgIpc) is 3.27. The maximum Gasteiger partial charge on any atom is 0.114 e. The molecule has 2 aliphatic rings. The summed E-state index contributed by atoms with van der Waals surface area (Å²) in [5, 5.41) is 5.28. The molecule has 1 N–H and O–H groups in total. The SMILES string of the molecule is F[C@H]1CN[C@H](C(=S)N(Cl)C2CCC(c3cc4sccc4s3)C2)C1. The molecule has 2 aromatic rings. The lowest BCUT2D eigenvalue weighted by atomic mass is 10.1. The molecule has 0 spiro atoms. The number of nitrogens with one attached hydrogen (secondary N) is 1. The van der Waals surface area contributed by atoms with Crippen molar-refractivity contribution in [2.24, 2.45) is 0 Å². The van der Waals surface area contributed by atoms with Crippen molar-refractivity contribution in [3.63, 3.8) is 0 Å². The van der Waals surface area contributed by atoms with E-state index in [9.17, 15) is 4.39 Å². The molecule has 0 aromatic carbocycles. The lowest BCUT2D eigenvalue weighted by Crippen LogP contribution is -2.41. The van der Waals surface area contributed by atoms with Gasteiger partial charge in [0.05, 0.1) is 6.04 Å². The first kappa shape index (κ1) is 16.2. The van der Waals surface area contributed by atoms with Gasteiger partial charge >= 0.3 is 0 Å². The number of rotatable bonds is 3. The van der Waals surface area contributed by atoms with Crippen molar-refractivity contribution in [2.45, 2.75) is 49.9 Å². The van der Waals surface area contributed by atoms with E-state index in [1.54, 1.807) is 15.8 Å². The molecule has 2 nitrogen and oxygen atoms in total. The van der Waals surface area contributed by atoms with Crippen LogP contribution in [-0.4, -0.2) is 34.2 Å². The summed E-state index contributed by atoms with van der Waals surface area (Å²) in [7, 11) is 0. The van der Waals surface area contributed by atoms with E-state index in [2.05, 4.69) is 22.8 Å². The molecule has 124 valence electrons. The molecule has 1 saturated heterocycles. The normalized spacial score (nSPS) is 31.0. The highest BCUT2D eigenvalue weighted by atomic mass is 35.5. The third-order valence-electron chi connectivity index (χ3n) is 4.87. The van der Waals surface area contributed by atoms with Gasteiger partial charge in [0.2, 0.25) is 0 Å². The maximum atomic E-state index is 13.3. The zero-order valence-corrected chi connectivity index (χ0v) is 15.7. The van der Waals surface area contributed by atoms with E-state index in [1.807, 2.05) is 11.3 Å². The van der Waals surface area contributed by atoms with Crippen LogP contribution in [0.3, 0.4) is 0 Å². The van der Waals surface area contributed by atoms with Crippen molar-refractivity contribution >= 4 is 61.1 Å². The smallest absolute Gasteiger partial charge is 0.114 e. The monoisotopic (exact) mass is 388 g/mol. The van der Waals surface area contributed by atoms with Crippen LogP contribution in [0.1, 0.15) is 36.5 Å². The third-order valence-corrected chi connectivity index (χ3v) is 8.17. The van der Waals surface area contributed by atoms with Crippen LogP contribution in [0.4, 0.5) is 4.39 Å². The minimum absolute atomic E-state index is 0.0939. The second-order valence-electron chi connectivity index (χ2n) is 6.40. The fraction of sp³-hybridized carbons (Fsp3) is 0.562. The molecule has 23 heavy (non-hydrogen) atoms. The van der Waals surface area contributed by atoms with Gasteiger partial charge in [-0.1, -0.05) is 12.2 Å². The van der Waals surface area contributed by atoms with E-state index in [4.69, 9.17) is 24.0 Å². The molecule has 7 heteroatoms. The number of fused-ring (bicyclic) bond motifs is 1.